The molecule has 0 aliphatic carbocycles. The van der Waals surface area contributed by atoms with Crippen LogP contribution in [0.3, 0.4) is 0 Å². The average molecular weight is 243 g/mol. The fourth-order valence-corrected chi connectivity index (χ4v) is 3.88. The fourth-order valence-electron chi connectivity index (χ4n) is 2.19. The molecule has 2 rings (SSSR count). The molecule has 90 valence electrons. The van der Waals surface area contributed by atoms with Crippen molar-refractivity contribution in [1.82, 2.24) is 9.55 Å². The zero-order valence-electron chi connectivity index (χ0n) is 9.33. The molecule has 0 amide bonds. The predicted molar refractivity (Wildman–Crippen MR) is 61.8 cm³/mol. The summed E-state index contributed by atoms with van der Waals surface area (Å²) in [6, 6.07) is -0.116. The molecule has 2 unspecified atom stereocenters. The van der Waals surface area contributed by atoms with E-state index in [0.29, 0.717) is 5.75 Å². The van der Waals surface area contributed by atoms with E-state index in [2.05, 4.69) is 4.98 Å². The summed E-state index contributed by atoms with van der Waals surface area (Å²) in [5.41, 5.74) is 6.73. The Labute approximate surface area is 95.6 Å². The van der Waals surface area contributed by atoms with Crippen LogP contribution >= 0.6 is 0 Å². The average Bonchev–Trinajstić information content (AvgIpc) is 2.64. The van der Waals surface area contributed by atoms with E-state index in [-0.39, 0.29) is 17.8 Å². The maximum Gasteiger partial charge on any atom is 0.152 e. The second kappa shape index (κ2) is 4.18. The van der Waals surface area contributed by atoms with Crippen LogP contribution in [0, 0.1) is 0 Å². The third-order valence-electron chi connectivity index (χ3n) is 2.99. The monoisotopic (exact) mass is 243 g/mol. The van der Waals surface area contributed by atoms with Crippen LogP contribution in [0.2, 0.25) is 0 Å². The van der Waals surface area contributed by atoms with Gasteiger partial charge in [0.2, 0.25) is 0 Å². The lowest BCUT2D eigenvalue weighted by molar-refractivity contribution is 0.452. The minimum atomic E-state index is -2.89. The predicted octanol–water partition coefficient (Wildman–Crippen LogP) is 0.653. The number of sulfone groups is 1. The highest BCUT2D eigenvalue weighted by atomic mass is 32.2. The molecule has 1 aliphatic rings. The summed E-state index contributed by atoms with van der Waals surface area (Å²) in [6.07, 6.45) is 5.01. The molecule has 2 heterocycles. The Morgan fingerprint density at radius 1 is 1.62 bits per heavy atom. The lowest BCUT2D eigenvalue weighted by Crippen LogP contribution is -2.29. The highest BCUT2D eigenvalue weighted by molar-refractivity contribution is 7.91. The lowest BCUT2D eigenvalue weighted by atomic mass is 10.1. The Morgan fingerprint density at radius 3 is 3.00 bits per heavy atom. The highest BCUT2D eigenvalue weighted by Crippen LogP contribution is 2.25. The van der Waals surface area contributed by atoms with E-state index in [1.165, 1.54) is 0 Å². The summed E-state index contributed by atoms with van der Waals surface area (Å²) >= 11 is 0. The van der Waals surface area contributed by atoms with Gasteiger partial charge >= 0.3 is 0 Å². The maximum atomic E-state index is 11.6. The normalized spacial score (nSPS) is 26.5. The smallest absolute Gasteiger partial charge is 0.152 e. The number of imidazole rings is 1. The summed E-state index contributed by atoms with van der Waals surface area (Å²) in [5, 5.41) is 0. The van der Waals surface area contributed by atoms with E-state index in [1.54, 1.807) is 12.5 Å². The Morgan fingerprint density at radius 2 is 2.38 bits per heavy atom. The highest BCUT2D eigenvalue weighted by Gasteiger charge is 2.27. The van der Waals surface area contributed by atoms with Gasteiger partial charge in [-0.3, -0.25) is 0 Å². The van der Waals surface area contributed by atoms with Crippen LogP contribution in [0.4, 0.5) is 0 Å². The second-order valence-corrected chi connectivity index (χ2v) is 6.65. The van der Waals surface area contributed by atoms with E-state index in [1.807, 2.05) is 11.5 Å². The van der Waals surface area contributed by atoms with E-state index < -0.39 is 9.84 Å². The molecule has 1 fully saturated rings. The largest absolute Gasteiger partial charge is 0.329 e. The molecule has 0 radical (unpaired) electrons. The van der Waals surface area contributed by atoms with Crippen LogP contribution in [0.5, 0.6) is 0 Å². The van der Waals surface area contributed by atoms with Gasteiger partial charge in [0.05, 0.1) is 23.5 Å². The van der Waals surface area contributed by atoms with Crippen molar-refractivity contribution in [3.63, 3.8) is 0 Å². The number of rotatable bonds is 2. The summed E-state index contributed by atoms with van der Waals surface area (Å²) in [7, 11) is -2.89. The van der Waals surface area contributed by atoms with Gasteiger partial charge in [-0.15, -0.1) is 0 Å². The molecule has 0 bridgehead atoms. The molecule has 0 saturated carbocycles. The second-order valence-electron chi connectivity index (χ2n) is 4.42. The Hall–Kier alpha value is -0.880. The van der Waals surface area contributed by atoms with Crippen LogP contribution in [-0.4, -0.2) is 29.5 Å². The molecular weight excluding hydrogens is 226 g/mol. The molecule has 1 aromatic rings. The van der Waals surface area contributed by atoms with Crippen molar-refractivity contribution in [3.05, 3.63) is 18.2 Å². The van der Waals surface area contributed by atoms with Gasteiger partial charge in [-0.2, -0.15) is 0 Å². The Balaban J connectivity index is 2.27. The first-order chi connectivity index (χ1) is 7.49. The first-order valence-corrected chi connectivity index (χ1v) is 7.29. The standard InChI is InChI=1S/C10H17N3O2S/c1-8(11)10-5-12-7-13(10)9-3-2-4-16(14,15)6-9/h5,7-9H,2-4,6,11H2,1H3. The first kappa shape index (κ1) is 11.6. The van der Waals surface area contributed by atoms with Crippen molar-refractivity contribution in [2.75, 3.05) is 11.5 Å². The maximum absolute atomic E-state index is 11.6. The molecular formula is C10H17N3O2S. The number of nitrogens with two attached hydrogens (primary N) is 1. The van der Waals surface area contributed by atoms with Gasteiger partial charge in [0.25, 0.3) is 0 Å². The van der Waals surface area contributed by atoms with E-state index in [4.69, 9.17) is 5.73 Å². The lowest BCUT2D eigenvalue weighted by Gasteiger charge is -2.25. The first-order valence-electron chi connectivity index (χ1n) is 5.47. The van der Waals surface area contributed by atoms with Crippen molar-refractivity contribution in [2.24, 2.45) is 5.73 Å². The van der Waals surface area contributed by atoms with Crippen LogP contribution in [-0.2, 0) is 9.84 Å². The SMILES string of the molecule is CC(N)c1cncn1C1CCCS(=O)(=O)C1. The van der Waals surface area contributed by atoms with Crippen molar-refractivity contribution >= 4 is 9.84 Å². The summed E-state index contributed by atoms with van der Waals surface area (Å²) in [4.78, 5) is 4.05. The van der Waals surface area contributed by atoms with Crippen LogP contribution < -0.4 is 5.73 Å². The third kappa shape index (κ3) is 2.27. The van der Waals surface area contributed by atoms with Gasteiger partial charge in [0.15, 0.2) is 9.84 Å². The number of nitrogens with zero attached hydrogens (tertiary/aromatic N) is 2. The van der Waals surface area contributed by atoms with Crippen molar-refractivity contribution in [1.29, 1.82) is 0 Å². The van der Waals surface area contributed by atoms with Crippen molar-refractivity contribution in [3.8, 4) is 0 Å². The quantitative estimate of drug-likeness (QED) is 0.827. The minimum absolute atomic E-state index is 0.00208. The number of aromatic nitrogens is 2. The topological polar surface area (TPSA) is 78.0 Å². The molecule has 1 saturated heterocycles. The molecule has 2 N–H and O–H groups in total. The van der Waals surface area contributed by atoms with Crippen LogP contribution in [0.15, 0.2) is 12.5 Å². The number of hydrogen-bond donors (Lipinski definition) is 1. The zero-order valence-corrected chi connectivity index (χ0v) is 10.2. The van der Waals surface area contributed by atoms with E-state index in [0.717, 1.165) is 18.5 Å². The molecule has 1 aromatic heterocycles. The Kier molecular flexibility index (Phi) is 3.03. The molecule has 5 nitrogen and oxygen atoms in total. The van der Waals surface area contributed by atoms with E-state index in [9.17, 15) is 8.42 Å². The molecule has 6 heteroatoms. The molecule has 16 heavy (non-hydrogen) atoms. The molecule has 0 spiro atoms. The van der Waals surface area contributed by atoms with Gasteiger partial charge in [-0.05, 0) is 19.8 Å². The third-order valence-corrected chi connectivity index (χ3v) is 4.80. The van der Waals surface area contributed by atoms with Crippen molar-refractivity contribution in [2.45, 2.75) is 31.8 Å². The van der Waals surface area contributed by atoms with Gasteiger partial charge in [0.1, 0.15) is 0 Å². The van der Waals surface area contributed by atoms with Crippen LogP contribution in [0.1, 0.15) is 37.5 Å². The summed E-state index contributed by atoms with van der Waals surface area (Å²) in [6.45, 7) is 1.88. The minimum Gasteiger partial charge on any atom is -0.329 e. The van der Waals surface area contributed by atoms with Gasteiger partial charge in [-0.25, -0.2) is 13.4 Å². The van der Waals surface area contributed by atoms with Gasteiger partial charge < -0.3 is 10.3 Å². The van der Waals surface area contributed by atoms with E-state index >= 15 is 0 Å². The summed E-state index contributed by atoms with van der Waals surface area (Å²) < 4.78 is 25.1. The van der Waals surface area contributed by atoms with Crippen LogP contribution in [0.25, 0.3) is 0 Å². The van der Waals surface area contributed by atoms with Gasteiger partial charge in [0, 0.05) is 18.3 Å². The molecule has 2 atom stereocenters. The molecule has 1 aliphatic heterocycles. The Bertz CT molecular complexity index is 464. The summed E-state index contributed by atoms with van der Waals surface area (Å²) in [5.74, 6) is 0.523. The van der Waals surface area contributed by atoms with Gasteiger partial charge in [-0.1, -0.05) is 0 Å². The van der Waals surface area contributed by atoms with Crippen molar-refractivity contribution < 1.29 is 8.42 Å². The number of hydrogen-bond acceptors (Lipinski definition) is 4. The zero-order chi connectivity index (χ0) is 11.8. The molecule has 0 aromatic carbocycles. The fraction of sp³-hybridized carbons (Fsp3) is 0.700.